The first-order valence-electron chi connectivity index (χ1n) is 8.83. The minimum atomic E-state index is -0.400. The third-order valence-corrected chi connectivity index (χ3v) is 5.18. The lowest BCUT2D eigenvalue weighted by Crippen LogP contribution is -2.43. The topological polar surface area (TPSA) is 61.6 Å². The average Bonchev–Trinajstić information content (AvgIpc) is 2.83. The van der Waals surface area contributed by atoms with Crippen LogP contribution in [0.3, 0.4) is 0 Å². The monoisotopic (exact) mass is 320 g/mol. The Morgan fingerprint density at radius 1 is 1.39 bits per heavy atom. The summed E-state index contributed by atoms with van der Waals surface area (Å²) in [5.41, 5.74) is 0.913. The highest BCUT2D eigenvalue weighted by atomic mass is 16.3. The second-order valence-electron chi connectivity index (χ2n) is 6.67. The lowest BCUT2D eigenvalue weighted by Gasteiger charge is -2.30. The first-order valence-corrected chi connectivity index (χ1v) is 8.83. The minimum Gasteiger partial charge on any atom is -0.446 e. The van der Waals surface area contributed by atoms with Crippen LogP contribution in [-0.2, 0) is 11.2 Å². The summed E-state index contributed by atoms with van der Waals surface area (Å²) in [4.78, 5) is 21.7. The molecule has 0 radical (unpaired) electrons. The number of nitrogens with one attached hydrogen (secondary N) is 1. The Morgan fingerprint density at radius 2 is 2.26 bits per heavy atom. The molecule has 2 unspecified atom stereocenters. The fraction of sp³-hybridized carbons (Fsp3) is 0.765. The molecule has 1 saturated heterocycles. The Morgan fingerprint density at radius 3 is 3.04 bits per heavy atom. The number of hydrogen-bond acceptors (Lipinski definition) is 5. The molecule has 1 amide bonds. The smallest absolute Gasteiger partial charge is 0.247 e. The van der Waals surface area contributed by atoms with Gasteiger partial charge in [0.25, 0.3) is 0 Å². The van der Waals surface area contributed by atoms with Gasteiger partial charge in [0.2, 0.25) is 5.91 Å². The van der Waals surface area contributed by atoms with Gasteiger partial charge in [0, 0.05) is 26.1 Å². The van der Waals surface area contributed by atoms with Crippen molar-refractivity contribution in [2.75, 3.05) is 39.8 Å². The standard InChI is InChI=1S/C17H28N4O2/c1-3-20-8-5-4-6-13(10-20)11-21-9-7-14-16(23-12-19-14)15(18-2)17(21)22/h12-13,15,18H,3-11H2,1-2H3. The Bertz CT molecular complexity index is 530. The fourth-order valence-corrected chi connectivity index (χ4v) is 3.85. The van der Waals surface area contributed by atoms with Gasteiger partial charge in [-0.05, 0) is 38.9 Å². The molecule has 2 atom stereocenters. The van der Waals surface area contributed by atoms with Crippen LogP contribution in [0.5, 0.6) is 0 Å². The SMILES string of the molecule is CCN1CCCCC(CN2CCc3ncoc3C(NC)C2=O)C1. The van der Waals surface area contributed by atoms with E-state index < -0.39 is 6.04 Å². The van der Waals surface area contributed by atoms with Gasteiger partial charge in [-0.15, -0.1) is 0 Å². The van der Waals surface area contributed by atoms with Crippen molar-refractivity contribution in [1.82, 2.24) is 20.1 Å². The number of carbonyl (C=O) groups is 1. The van der Waals surface area contributed by atoms with Crippen molar-refractivity contribution in [1.29, 1.82) is 0 Å². The third kappa shape index (κ3) is 3.58. The summed E-state index contributed by atoms with van der Waals surface area (Å²) in [5, 5.41) is 3.10. The van der Waals surface area contributed by atoms with E-state index in [1.165, 1.54) is 32.2 Å². The molecule has 0 spiro atoms. The fourth-order valence-electron chi connectivity index (χ4n) is 3.85. The van der Waals surface area contributed by atoms with Crippen molar-refractivity contribution in [3.05, 3.63) is 17.8 Å². The van der Waals surface area contributed by atoms with Crippen molar-refractivity contribution in [3.63, 3.8) is 0 Å². The number of amides is 1. The molecule has 1 aromatic heterocycles. The lowest BCUT2D eigenvalue weighted by molar-refractivity contribution is -0.134. The highest BCUT2D eigenvalue weighted by molar-refractivity contribution is 5.83. The van der Waals surface area contributed by atoms with Gasteiger partial charge >= 0.3 is 0 Å². The molecular formula is C17H28N4O2. The van der Waals surface area contributed by atoms with Crippen molar-refractivity contribution < 1.29 is 9.21 Å². The van der Waals surface area contributed by atoms with Crippen LogP contribution in [0.4, 0.5) is 0 Å². The van der Waals surface area contributed by atoms with Crippen LogP contribution < -0.4 is 5.32 Å². The molecule has 0 bridgehead atoms. The Kier molecular flexibility index (Phi) is 5.33. The Labute approximate surface area is 138 Å². The van der Waals surface area contributed by atoms with Gasteiger partial charge in [0.1, 0.15) is 6.04 Å². The zero-order valence-electron chi connectivity index (χ0n) is 14.3. The lowest BCUT2D eigenvalue weighted by atomic mass is 10.0. The molecule has 3 rings (SSSR count). The maximum atomic E-state index is 12.9. The predicted molar refractivity (Wildman–Crippen MR) is 88.0 cm³/mol. The summed E-state index contributed by atoms with van der Waals surface area (Å²) >= 11 is 0. The second-order valence-corrected chi connectivity index (χ2v) is 6.67. The molecule has 2 aliphatic rings. The number of carbonyl (C=O) groups excluding carboxylic acids is 1. The number of likely N-dealkylation sites (tertiary alicyclic amines) is 1. The number of hydrogen-bond donors (Lipinski definition) is 1. The summed E-state index contributed by atoms with van der Waals surface area (Å²) in [5.74, 6) is 1.38. The molecule has 3 heterocycles. The van der Waals surface area contributed by atoms with Crippen molar-refractivity contribution in [3.8, 4) is 0 Å². The van der Waals surface area contributed by atoms with E-state index in [1.54, 1.807) is 0 Å². The van der Waals surface area contributed by atoms with Gasteiger partial charge in [0.05, 0.1) is 5.69 Å². The van der Waals surface area contributed by atoms with E-state index in [2.05, 4.69) is 22.1 Å². The van der Waals surface area contributed by atoms with Crippen LogP contribution in [0.2, 0.25) is 0 Å². The van der Waals surface area contributed by atoms with Gasteiger partial charge in [-0.25, -0.2) is 4.98 Å². The van der Waals surface area contributed by atoms with Crippen molar-refractivity contribution in [2.45, 2.75) is 38.6 Å². The molecule has 23 heavy (non-hydrogen) atoms. The molecule has 1 fully saturated rings. The highest BCUT2D eigenvalue weighted by Gasteiger charge is 2.34. The first-order chi connectivity index (χ1) is 11.2. The largest absolute Gasteiger partial charge is 0.446 e. The summed E-state index contributed by atoms with van der Waals surface area (Å²) in [7, 11) is 1.81. The molecule has 6 heteroatoms. The molecule has 128 valence electrons. The van der Waals surface area contributed by atoms with Crippen molar-refractivity contribution >= 4 is 5.91 Å². The number of nitrogens with zero attached hydrogens (tertiary/aromatic N) is 3. The number of rotatable bonds is 4. The van der Waals surface area contributed by atoms with Crippen LogP contribution >= 0.6 is 0 Å². The predicted octanol–water partition coefficient (Wildman–Crippen LogP) is 1.44. The number of aromatic nitrogens is 1. The van der Waals surface area contributed by atoms with E-state index in [4.69, 9.17) is 4.42 Å². The highest BCUT2D eigenvalue weighted by Crippen LogP contribution is 2.26. The number of oxazole rings is 1. The van der Waals surface area contributed by atoms with Gasteiger partial charge in [-0.2, -0.15) is 0 Å². The van der Waals surface area contributed by atoms with Gasteiger partial charge in [-0.1, -0.05) is 13.3 Å². The number of likely N-dealkylation sites (N-methyl/N-ethyl adjacent to an activating group) is 1. The normalized spacial score (nSPS) is 26.7. The van der Waals surface area contributed by atoms with Gasteiger partial charge in [-0.3, -0.25) is 4.79 Å². The van der Waals surface area contributed by atoms with Crippen LogP contribution in [0.1, 0.15) is 43.7 Å². The van der Waals surface area contributed by atoms with Crippen LogP contribution in [-0.4, -0.2) is 60.5 Å². The van der Waals surface area contributed by atoms with Gasteiger partial charge in [0.15, 0.2) is 12.2 Å². The summed E-state index contributed by atoms with van der Waals surface area (Å²) < 4.78 is 5.47. The Hall–Kier alpha value is -1.40. The third-order valence-electron chi connectivity index (χ3n) is 5.18. The van der Waals surface area contributed by atoms with Crippen molar-refractivity contribution in [2.24, 2.45) is 5.92 Å². The first kappa shape index (κ1) is 16.5. The van der Waals surface area contributed by atoms with E-state index in [-0.39, 0.29) is 5.91 Å². The molecule has 2 aliphatic heterocycles. The van der Waals surface area contributed by atoms with E-state index >= 15 is 0 Å². The molecule has 0 aromatic carbocycles. The quantitative estimate of drug-likeness (QED) is 0.910. The van der Waals surface area contributed by atoms with Gasteiger partial charge < -0.3 is 19.5 Å². The minimum absolute atomic E-state index is 0.121. The molecule has 0 saturated carbocycles. The average molecular weight is 320 g/mol. The molecular weight excluding hydrogens is 292 g/mol. The summed E-state index contributed by atoms with van der Waals surface area (Å²) in [6.45, 7) is 7.20. The van der Waals surface area contributed by atoms with Crippen LogP contribution in [0.25, 0.3) is 0 Å². The van der Waals surface area contributed by atoms with Crippen LogP contribution in [0.15, 0.2) is 10.8 Å². The zero-order valence-corrected chi connectivity index (χ0v) is 14.3. The zero-order chi connectivity index (χ0) is 16.2. The molecule has 1 aromatic rings. The Balaban J connectivity index is 1.70. The van der Waals surface area contributed by atoms with E-state index in [9.17, 15) is 4.79 Å². The van der Waals surface area contributed by atoms with E-state index in [1.807, 2.05) is 11.9 Å². The number of fused-ring (bicyclic) bond motifs is 1. The second kappa shape index (κ2) is 7.45. The van der Waals surface area contributed by atoms with E-state index in [0.29, 0.717) is 11.7 Å². The van der Waals surface area contributed by atoms with Crippen LogP contribution in [0, 0.1) is 5.92 Å². The summed E-state index contributed by atoms with van der Waals surface area (Å²) in [6.07, 6.45) is 5.98. The molecule has 0 aliphatic carbocycles. The van der Waals surface area contributed by atoms with E-state index in [0.717, 1.165) is 38.3 Å². The summed E-state index contributed by atoms with van der Waals surface area (Å²) in [6, 6.07) is -0.400. The maximum absolute atomic E-state index is 12.9. The molecule has 1 N–H and O–H groups in total. The molecule has 6 nitrogen and oxygen atoms in total. The maximum Gasteiger partial charge on any atom is 0.247 e.